The quantitative estimate of drug-likeness (QED) is 0.527. The Morgan fingerprint density at radius 2 is 1.74 bits per heavy atom. The van der Waals surface area contributed by atoms with Gasteiger partial charge in [0.1, 0.15) is 11.2 Å². The molecule has 0 aliphatic carbocycles. The van der Waals surface area contributed by atoms with Crippen LogP contribution in [0.2, 0.25) is 0 Å². The van der Waals surface area contributed by atoms with Gasteiger partial charge >= 0.3 is 0 Å². The molecule has 11 heteroatoms. The molecule has 1 N–H and O–H groups in total. The maximum absolute atomic E-state index is 13.5. The van der Waals surface area contributed by atoms with Gasteiger partial charge in [-0.15, -0.1) is 0 Å². The molecular weight excluding hydrogens is 447 g/mol. The third-order valence-corrected chi connectivity index (χ3v) is 5.90. The number of aromatic nitrogens is 4. The minimum atomic E-state index is -1.49. The molecule has 0 spiro atoms. The number of carbonyl (C=O) groups is 1. The molecule has 0 radical (unpaired) electrons. The lowest BCUT2D eigenvalue weighted by Crippen LogP contribution is -2.60. The summed E-state index contributed by atoms with van der Waals surface area (Å²) in [6.45, 7) is 9.23. The van der Waals surface area contributed by atoms with Gasteiger partial charge in [-0.2, -0.15) is 10.1 Å². The number of amides is 1. The molecular formula is C23H26F3N7O. The van der Waals surface area contributed by atoms with Crippen molar-refractivity contribution in [2.75, 3.05) is 28.2 Å². The van der Waals surface area contributed by atoms with Crippen LogP contribution in [-0.4, -0.2) is 44.3 Å². The standard InChI is InChI=1S/C23H26F3N7O/c1-5-32-18-11-28-22(30-20(18)33(6-2)23(3,4)21(32)34)27-9-15-10-29-31(13-15)12-14-7-16(24)19(26)17(25)8-14/h7-8,10-11,13H,5-6,9,12H2,1-4H3,(H,27,28,30). The predicted octanol–water partition coefficient (Wildman–Crippen LogP) is 3.72. The van der Waals surface area contributed by atoms with Crippen molar-refractivity contribution in [2.45, 2.75) is 46.3 Å². The van der Waals surface area contributed by atoms with E-state index in [-0.39, 0.29) is 18.0 Å². The first-order chi connectivity index (χ1) is 16.1. The van der Waals surface area contributed by atoms with Crippen LogP contribution >= 0.6 is 0 Å². The molecule has 180 valence electrons. The Kier molecular flexibility index (Phi) is 6.20. The van der Waals surface area contributed by atoms with Crippen molar-refractivity contribution < 1.29 is 18.0 Å². The van der Waals surface area contributed by atoms with E-state index in [1.165, 1.54) is 4.68 Å². The topological polar surface area (TPSA) is 79.2 Å². The molecule has 34 heavy (non-hydrogen) atoms. The minimum absolute atomic E-state index is 0.00184. The number of hydrogen-bond acceptors (Lipinski definition) is 6. The number of likely N-dealkylation sites (N-methyl/N-ethyl adjacent to an activating group) is 2. The van der Waals surface area contributed by atoms with E-state index < -0.39 is 23.0 Å². The van der Waals surface area contributed by atoms with Gasteiger partial charge in [0.15, 0.2) is 23.3 Å². The highest BCUT2D eigenvalue weighted by Crippen LogP contribution is 2.38. The average molecular weight is 474 g/mol. The first kappa shape index (κ1) is 23.5. The van der Waals surface area contributed by atoms with Crippen molar-refractivity contribution in [1.29, 1.82) is 0 Å². The van der Waals surface area contributed by atoms with Crippen LogP contribution < -0.4 is 15.1 Å². The summed E-state index contributed by atoms with van der Waals surface area (Å²) in [5.41, 5.74) is 0.992. The molecule has 0 bridgehead atoms. The zero-order valence-corrected chi connectivity index (χ0v) is 19.4. The van der Waals surface area contributed by atoms with Crippen LogP contribution in [0.25, 0.3) is 0 Å². The zero-order valence-electron chi connectivity index (χ0n) is 19.4. The molecule has 1 aliphatic heterocycles. The molecule has 8 nitrogen and oxygen atoms in total. The van der Waals surface area contributed by atoms with Crippen molar-refractivity contribution >= 4 is 23.4 Å². The van der Waals surface area contributed by atoms with Crippen LogP contribution in [0.3, 0.4) is 0 Å². The Labute approximate surface area is 195 Å². The van der Waals surface area contributed by atoms with Gasteiger partial charge in [0.05, 0.1) is 18.9 Å². The van der Waals surface area contributed by atoms with Crippen molar-refractivity contribution in [1.82, 2.24) is 19.7 Å². The van der Waals surface area contributed by atoms with Crippen molar-refractivity contribution in [2.24, 2.45) is 0 Å². The fourth-order valence-corrected chi connectivity index (χ4v) is 4.17. The Hall–Kier alpha value is -3.63. The molecule has 0 atom stereocenters. The van der Waals surface area contributed by atoms with Crippen LogP contribution in [-0.2, 0) is 17.9 Å². The van der Waals surface area contributed by atoms with E-state index in [0.29, 0.717) is 37.1 Å². The highest BCUT2D eigenvalue weighted by atomic mass is 19.2. The number of nitrogens with zero attached hydrogens (tertiary/aromatic N) is 6. The van der Waals surface area contributed by atoms with Crippen molar-refractivity contribution in [3.8, 4) is 0 Å². The van der Waals surface area contributed by atoms with Gasteiger partial charge in [0.25, 0.3) is 5.91 Å². The summed E-state index contributed by atoms with van der Waals surface area (Å²) in [7, 11) is 0. The summed E-state index contributed by atoms with van der Waals surface area (Å²) in [6, 6.07) is 1.90. The summed E-state index contributed by atoms with van der Waals surface area (Å²) in [4.78, 5) is 25.6. The maximum atomic E-state index is 13.5. The van der Waals surface area contributed by atoms with E-state index in [1.807, 2.05) is 32.6 Å². The third kappa shape index (κ3) is 4.17. The summed E-state index contributed by atoms with van der Waals surface area (Å²) in [5.74, 6) is -2.88. The van der Waals surface area contributed by atoms with Gasteiger partial charge in [-0.1, -0.05) is 0 Å². The van der Waals surface area contributed by atoms with Gasteiger partial charge in [-0.05, 0) is 45.4 Å². The second-order valence-corrected chi connectivity index (χ2v) is 8.53. The molecule has 0 saturated heterocycles. The van der Waals surface area contributed by atoms with Crippen LogP contribution in [0.1, 0.15) is 38.8 Å². The van der Waals surface area contributed by atoms with E-state index in [4.69, 9.17) is 0 Å². The lowest BCUT2D eigenvalue weighted by atomic mass is 9.97. The maximum Gasteiger partial charge on any atom is 0.252 e. The summed E-state index contributed by atoms with van der Waals surface area (Å²) < 4.78 is 41.6. The molecule has 1 aliphatic rings. The summed E-state index contributed by atoms with van der Waals surface area (Å²) >= 11 is 0. The van der Waals surface area contributed by atoms with Crippen LogP contribution in [0.5, 0.6) is 0 Å². The van der Waals surface area contributed by atoms with E-state index in [0.717, 1.165) is 17.7 Å². The number of nitrogens with one attached hydrogen (secondary N) is 1. The molecule has 2 aromatic heterocycles. The number of carbonyl (C=O) groups excluding carboxylic acids is 1. The lowest BCUT2D eigenvalue weighted by molar-refractivity contribution is -0.123. The van der Waals surface area contributed by atoms with Gasteiger partial charge < -0.3 is 15.1 Å². The Morgan fingerprint density at radius 3 is 2.38 bits per heavy atom. The third-order valence-electron chi connectivity index (χ3n) is 5.90. The first-order valence-electron chi connectivity index (χ1n) is 11.0. The Morgan fingerprint density at radius 1 is 1.03 bits per heavy atom. The second kappa shape index (κ2) is 8.96. The summed E-state index contributed by atoms with van der Waals surface area (Å²) in [6.07, 6.45) is 4.97. The minimum Gasteiger partial charge on any atom is -0.350 e. The van der Waals surface area contributed by atoms with Crippen molar-refractivity contribution in [3.05, 3.63) is 59.3 Å². The Balaban J connectivity index is 1.49. The molecule has 3 heterocycles. The van der Waals surface area contributed by atoms with Crippen LogP contribution in [0, 0.1) is 17.5 Å². The SMILES string of the molecule is CCN1C(=O)C(C)(C)N(CC)c2nc(NCc3cnn(Cc4cc(F)c(F)c(F)c4)c3)ncc21. The fraction of sp³-hybridized carbons (Fsp3) is 0.391. The lowest BCUT2D eigenvalue weighted by Gasteiger charge is -2.46. The van der Waals surface area contributed by atoms with Gasteiger partial charge in [-0.3, -0.25) is 9.48 Å². The number of hydrogen-bond donors (Lipinski definition) is 1. The molecule has 0 saturated carbocycles. The molecule has 0 unspecified atom stereocenters. The normalized spacial score (nSPS) is 15.0. The number of benzene rings is 1. The summed E-state index contributed by atoms with van der Waals surface area (Å²) in [5, 5.41) is 7.35. The largest absolute Gasteiger partial charge is 0.350 e. The van der Waals surface area contributed by atoms with Crippen LogP contribution in [0.15, 0.2) is 30.7 Å². The second-order valence-electron chi connectivity index (χ2n) is 8.53. The fourth-order valence-electron chi connectivity index (χ4n) is 4.17. The smallest absolute Gasteiger partial charge is 0.252 e. The number of fused-ring (bicyclic) bond motifs is 1. The Bertz CT molecular complexity index is 1200. The first-order valence-corrected chi connectivity index (χ1v) is 11.0. The molecule has 1 amide bonds. The van der Waals surface area contributed by atoms with Crippen molar-refractivity contribution in [3.63, 3.8) is 0 Å². The highest BCUT2D eigenvalue weighted by molar-refractivity contribution is 6.07. The molecule has 0 fully saturated rings. The number of rotatable bonds is 7. The van der Waals surface area contributed by atoms with Crippen LogP contribution in [0.4, 0.5) is 30.6 Å². The van der Waals surface area contributed by atoms with Gasteiger partial charge in [-0.25, -0.2) is 18.2 Å². The van der Waals surface area contributed by atoms with E-state index in [2.05, 4.69) is 20.4 Å². The molecule has 1 aromatic carbocycles. The van der Waals surface area contributed by atoms with Gasteiger partial charge in [0, 0.05) is 31.4 Å². The zero-order chi connectivity index (χ0) is 24.6. The number of halogens is 3. The van der Waals surface area contributed by atoms with Gasteiger partial charge in [0.2, 0.25) is 5.95 Å². The molecule has 4 rings (SSSR count). The van der Waals surface area contributed by atoms with E-state index >= 15 is 0 Å². The monoisotopic (exact) mass is 473 g/mol. The van der Waals surface area contributed by atoms with E-state index in [9.17, 15) is 18.0 Å². The highest BCUT2D eigenvalue weighted by Gasteiger charge is 2.44. The van der Waals surface area contributed by atoms with E-state index in [1.54, 1.807) is 23.5 Å². The number of anilines is 3. The molecule has 3 aromatic rings. The average Bonchev–Trinajstić information content (AvgIpc) is 3.24. The predicted molar refractivity (Wildman–Crippen MR) is 122 cm³/mol.